The van der Waals surface area contributed by atoms with E-state index in [4.69, 9.17) is 4.74 Å². The van der Waals surface area contributed by atoms with Crippen LogP contribution in [0.2, 0.25) is 0 Å². The number of rotatable bonds is 5. The molecule has 0 radical (unpaired) electrons. The second-order valence-corrected chi connectivity index (χ2v) is 8.28. The van der Waals surface area contributed by atoms with Gasteiger partial charge in [0.05, 0.1) is 5.60 Å². The number of likely N-dealkylation sites (tertiary alicyclic amines) is 1. The van der Waals surface area contributed by atoms with Crippen molar-refractivity contribution < 1.29 is 18.3 Å². The summed E-state index contributed by atoms with van der Waals surface area (Å²) in [5, 5.41) is 2.86. The highest BCUT2D eigenvalue weighted by molar-refractivity contribution is 5.79. The first-order valence-electron chi connectivity index (χ1n) is 9.51. The summed E-state index contributed by atoms with van der Waals surface area (Å²) < 4.78 is 31.8. The van der Waals surface area contributed by atoms with Crippen LogP contribution in [0.25, 0.3) is 0 Å². The van der Waals surface area contributed by atoms with Crippen molar-refractivity contribution in [3.8, 4) is 0 Å². The number of nitrogens with zero attached hydrogens (tertiary/aromatic N) is 1. The van der Waals surface area contributed by atoms with Crippen molar-refractivity contribution in [2.24, 2.45) is 11.8 Å². The quantitative estimate of drug-likeness (QED) is 0.835. The van der Waals surface area contributed by atoms with Gasteiger partial charge in [0.2, 0.25) is 11.8 Å². The monoisotopic (exact) mass is 342 g/mol. The Morgan fingerprint density at radius 2 is 1.88 bits per heavy atom. The predicted octanol–water partition coefficient (Wildman–Crippen LogP) is 2.57. The van der Waals surface area contributed by atoms with Crippen molar-refractivity contribution in [2.75, 3.05) is 26.2 Å². The molecule has 4 fully saturated rings. The van der Waals surface area contributed by atoms with E-state index < -0.39 is 11.8 Å². The van der Waals surface area contributed by atoms with E-state index >= 15 is 0 Å². The van der Waals surface area contributed by atoms with Crippen LogP contribution in [0.4, 0.5) is 8.78 Å². The van der Waals surface area contributed by atoms with E-state index in [1.54, 1.807) is 0 Å². The van der Waals surface area contributed by atoms with E-state index in [0.29, 0.717) is 12.5 Å². The zero-order valence-electron chi connectivity index (χ0n) is 14.2. The Hall–Kier alpha value is -0.750. The normalized spacial score (nSPS) is 32.7. The second kappa shape index (κ2) is 6.20. The van der Waals surface area contributed by atoms with Gasteiger partial charge < -0.3 is 10.1 Å². The molecule has 0 aromatic carbocycles. The summed E-state index contributed by atoms with van der Waals surface area (Å²) in [5.41, 5.74) is -0.00316. The van der Waals surface area contributed by atoms with Crippen LogP contribution in [0, 0.1) is 11.8 Å². The number of amides is 1. The number of alkyl halides is 2. The molecule has 6 heteroatoms. The molecule has 0 aromatic heterocycles. The van der Waals surface area contributed by atoms with Crippen molar-refractivity contribution in [1.82, 2.24) is 10.2 Å². The zero-order chi connectivity index (χ0) is 16.8. The smallest absolute Gasteiger partial charge is 0.249 e. The molecule has 4 aliphatic rings. The van der Waals surface area contributed by atoms with Crippen LogP contribution in [-0.2, 0) is 9.53 Å². The molecule has 1 spiro atoms. The van der Waals surface area contributed by atoms with Gasteiger partial charge in [-0.2, -0.15) is 0 Å². The van der Waals surface area contributed by atoms with Gasteiger partial charge in [0.1, 0.15) is 0 Å². The molecular weight excluding hydrogens is 314 g/mol. The Bertz CT molecular complexity index is 479. The maximum atomic E-state index is 12.8. The van der Waals surface area contributed by atoms with Gasteiger partial charge in [-0.05, 0) is 31.6 Å². The first-order chi connectivity index (χ1) is 11.5. The van der Waals surface area contributed by atoms with Crippen molar-refractivity contribution in [3.05, 3.63) is 0 Å². The highest BCUT2D eigenvalue weighted by atomic mass is 19.3. The maximum absolute atomic E-state index is 12.8. The van der Waals surface area contributed by atoms with Crippen LogP contribution in [0.15, 0.2) is 0 Å². The molecule has 1 amide bonds. The van der Waals surface area contributed by atoms with Crippen LogP contribution in [0.3, 0.4) is 0 Å². The zero-order valence-corrected chi connectivity index (χ0v) is 14.2. The minimum Gasteiger partial charge on any atom is -0.372 e. The van der Waals surface area contributed by atoms with Gasteiger partial charge in [0.25, 0.3) is 0 Å². The van der Waals surface area contributed by atoms with Gasteiger partial charge in [-0.1, -0.05) is 12.8 Å². The third-order valence-corrected chi connectivity index (χ3v) is 6.64. The SMILES string of the molecule is O=C(NCC[C@@H]1CCOC12CN(C1CCCC1)C2)C1CC(F)(F)C1. The van der Waals surface area contributed by atoms with E-state index in [2.05, 4.69) is 10.2 Å². The fourth-order valence-electron chi connectivity index (χ4n) is 5.07. The van der Waals surface area contributed by atoms with E-state index in [1.165, 1.54) is 25.7 Å². The van der Waals surface area contributed by atoms with E-state index in [1.807, 2.05) is 0 Å². The fraction of sp³-hybridized carbons (Fsp3) is 0.944. The Morgan fingerprint density at radius 1 is 1.17 bits per heavy atom. The summed E-state index contributed by atoms with van der Waals surface area (Å²) in [5.74, 6) is -2.83. The summed E-state index contributed by atoms with van der Waals surface area (Å²) in [7, 11) is 0. The number of carbonyl (C=O) groups excluding carboxylic acids is 1. The number of carbonyl (C=O) groups is 1. The van der Waals surface area contributed by atoms with E-state index in [-0.39, 0.29) is 24.3 Å². The molecule has 2 aliphatic carbocycles. The lowest BCUT2D eigenvalue weighted by atomic mass is 9.78. The average Bonchev–Trinajstić information content (AvgIpc) is 3.11. The van der Waals surface area contributed by atoms with Gasteiger partial charge in [0.15, 0.2) is 0 Å². The number of nitrogens with one attached hydrogen (secondary N) is 1. The van der Waals surface area contributed by atoms with Crippen molar-refractivity contribution >= 4 is 5.91 Å². The highest BCUT2D eigenvalue weighted by Gasteiger charge is 2.54. The van der Waals surface area contributed by atoms with Crippen LogP contribution < -0.4 is 5.32 Å². The van der Waals surface area contributed by atoms with Gasteiger partial charge in [-0.15, -0.1) is 0 Å². The van der Waals surface area contributed by atoms with Crippen LogP contribution in [0.5, 0.6) is 0 Å². The van der Waals surface area contributed by atoms with Crippen LogP contribution in [-0.4, -0.2) is 54.6 Å². The van der Waals surface area contributed by atoms with Crippen molar-refractivity contribution in [2.45, 2.75) is 68.9 Å². The minimum atomic E-state index is -2.62. The minimum absolute atomic E-state index is 0.00316. The van der Waals surface area contributed by atoms with Crippen LogP contribution >= 0.6 is 0 Å². The molecule has 24 heavy (non-hydrogen) atoms. The predicted molar refractivity (Wildman–Crippen MR) is 85.9 cm³/mol. The lowest BCUT2D eigenvalue weighted by molar-refractivity contribution is -0.151. The molecule has 2 aliphatic heterocycles. The Balaban J connectivity index is 1.20. The standard InChI is InChI=1S/C18H28F2N2O2/c19-18(20)9-13(10-18)16(23)21-7-5-14-6-8-24-17(14)11-22(12-17)15-3-1-2-4-15/h13-15H,1-12H2,(H,21,23)/t14-/m1/s1. The van der Waals surface area contributed by atoms with Gasteiger partial charge in [0, 0.05) is 51.0 Å². The summed E-state index contributed by atoms with van der Waals surface area (Å²) in [4.78, 5) is 14.4. The van der Waals surface area contributed by atoms with Gasteiger partial charge in [-0.25, -0.2) is 8.78 Å². The molecule has 4 rings (SSSR count). The molecule has 2 heterocycles. The first-order valence-corrected chi connectivity index (χ1v) is 9.51. The van der Waals surface area contributed by atoms with Crippen LogP contribution in [0.1, 0.15) is 51.4 Å². The third-order valence-electron chi connectivity index (χ3n) is 6.64. The molecule has 1 atom stereocenters. The largest absolute Gasteiger partial charge is 0.372 e. The van der Waals surface area contributed by atoms with E-state index in [9.17, 15) is 13.6 Å². The summed E-state index contributed by atoms with van der Waals surface area (Å²) >= 11 is 0. The Kier molecular flexibility index (Phi) is 4.32. The second-order valence-electron chi connectivity index (χ2n) is 8.28. The van der Waals surface area contributed by atoms with Gasteiger partial charge >= 0.3 is 0 Å². The maximum Gasteiger partial charge on any atom is 0.249 e. The number of hydrogen-bond donors (Lipinski definition) is 1. The first kappa shape index (κ1) is 16.7. The summed E-state index contributed by atoms with van der Waals surface area (Å²) in [6.07, 6.45) is 6.72. The average molecular weight is 342 g/mol. The molecule has 2 saturated carbocycles. The fourth-order valence-corrected chi connectivity index (χ4v) is 5.07. The highest BCUT2D eigenvalue weighted by Crippen LogP contribution is 2.44. The molecule has 0 aromatic rings. The molecular formula is C18H28F2N2O2. The molecule has 136 valence electrons. The molecule has 4 nitrogen and oxygen atoms in total. The molecule has 1 N–H and O–H groups in total. The Morgan fingerprint density at radius 3 is 2.54 bits per heavy atom. The topological polar surface area (TPSA) is 41.6 Å². The molecule has 0 unspecified atom stereocenters. The van der Waals surface area contributed by atoms with Crippen molar-refractivity contribution in [3.63, 3.8) is 0 Å². The summed E-state index contributed by atoms with van der Waals surface area (Å²) in [6.45, 7) is 3.46. The lowest BCUT2D eigenvalue weighted by Crippen LogP contribution is -2.66. The molecule has 2 saturated heterocycles. The third kappa shape index (κ3) is 3.07. The lowest BCUT2D eigenvalue weighted by Gasteiger charge is -2.53. The number of ether oxygens (including phenoxy) is 1. The number of hydrogen-bond acceptors (Lipinski definition) is 3. The van der Waals surface area contributed by atoms with Crippen molar-refractivity contribution in [1.29, 1.82) is 0 Å². The molecule has 0 bridgehead atoms. The summed E-state index contributed by atoms with van der Waals surface area (Å²) in [6, 6.07) is 0.750. The van der Waals surface area contributed by atoms with Gasteiger partial charge in [-0.3, -0.25) is 9.69 Å². The Labute approximate surface area is 142 Å². The number of halogens is 2. The van der Waals surface area contributed by atoms with E-state index in [0.717, 1.165) is 38.6 Å².